The lowest BCUT2D eigenvalue weighted by Gasteiger charge is -2.22. The summed E-state index contributed by atoms with van der Waals surface area (Å²) in [6.45, 7) is 6.74. The summed E-state index contributed by atoms with van der Waals surface area (Å²) in [6, 6.07) is 6.28. The second-order valence-electron chi connectivity index (χ2n) is 5.71. The fraction of sp³-hybridized carbons (Fsp3) is 0.471. The maximum Gasteiger partial charge on any atom is 0.317 e. The minimum atomic E-state index is -0.0550. The topological polar surface area (TPSA) is 41.6 Å². The maximum absolute atomic E-state index is 12.1. The van der Waals surface area contributed by atoms with Gasteiger partial charge in [0.1, 0.15) is 0 Å². The van der Waals surface area contributed by atoms with Gasteiger partial charge in [-0.2, -0.15) is 0 Å². The number of aryl methyl sites for hydroxylation is 2. The Balaban J connectivity index is 1.84. The van der Waals surface area contributed by atoms with Crippen LogP contribution in [-0.4, -0.2) is 37.7 Å². The molecule has 0 fully saturated rings. The van der Waals surface area contributed by atoms with Crippen LogP contribution in [0, 0.1) is 13.8 Å². The van der Waals surface area contributed by atoms with Crippen LogP contribution in [0.1, 0.15) is 23.1 Å². The van der Waals surface area contributed by atoms with Crippen LogP contribution in [0.2, 0.25) is 0 Å². The second kappa shape index (κ2) is 7.27. The lowest BCUT2D eigenvalue weighted by molar-refractivity contribution is 0.144. The first-order valence-electron chi connectivity index (χ1n) is 7.36. The molecular formula is C17H24N2O2. The zero-order valence-corrected chi connectivity index (χ0v) is 13.1. The van der Waals surface area contributed by atoms with E-state index in [0.29, 0.717) is 19.7 Å². The molecule has 0 saturated carbocycles. The predicted octanol–water partition coefficient (Wildman–Crippen LogP) is 2.79. The Kier molecular flexibility index (Phi) is 5.39. The molecule has 0 unspecified atom stereocenters. The molecule has 1 aromatic carbocycles. The van der Waals surface area contributed by atoms with E-state index in [1.54, 1.807) is 4.90 Å². The van der Waals surface area contributed by atoms with E-state index >= 15 is 0 Å². The van der Waals surface area contributed by atoms with Gasteiger partial charge in [-0.05, 0) is 31.4 Å². The highest BCUT2D eigenvalue weighted by molar-refractivity contribution is 5.74. The van der Waals surface area contributed by atoms with E-state index in [0.717, 1.165) is 18.6 Å². The number of ether oxygens (including phenoxy) is 1. The highest BCUT2D eigenvalue weighted by Gasteiger charge is 2.12. The summed E-state index contributed by atoms with van der Waals surface area (Å²) >= 11 is 0. The van der Waals surface area contributed by atoms with Crippen LogP contribution < -0.4 is 5.32 Å². The van der Waals surface area contributed by atoms with Crippen molar-refractivity contribution in [1.82, 2.24) is 10.2 Å². The number of likely N-dealkylation sites (N-methyl/N-ethyl adjacent to an activating group) is 1. The van der Waals surface area contributed by atoms with E-state index in [9.17, 15) is 4.79 Å². The number of carbonyl (C=O) groups is 1. The number of nitrogens with zero attached hydrogens (tertiary/aromatic N) is 1. The van der Waals surface area contributed by atoms with Gasteiger partial charge >= 0.3 is 6.03 Å². The molecule has 114 valence electrons. The largest absolute Gasteiger partial charge is 0.377 e. The quantitative estimate of drug-likeness (QED) is 0.866. The number of hydrogen-bond acceptors (Lipinski definition) is 2. The zero-order valence-electron chi connectivity index (χ0n) is 13.1. The maximum atomic E-state index is 12.1. The lowest BCUT2D eigenvalue weighted by atomic mass is 10.1. The average Bonchev–Trinajstić information content (AvgIpc) is 2.44. The molecule has 2 amide bonds. The van der Waals surface area contributed by atoms with Crippen LogP contribution >= 0.6 is 0 Å². The van der Waals surface area contributed by atoms with E-state index in [1.165, 1.54) is 16.7 Å². The molecule has 0 atom stereocenters. The van der Waals surface area contributed by atoms with Gasteiger partial charge in [0, 0.05) is 20.1 Å². The molecule has 1 aliphatic heterocycles. The monoisotopic (exact) mass is 288 g/mol. The summed E-state index contributed by atoms with van der Waals surface area (Å²) in [7, 11) is 1.81. The molecule has 0 spiro atoms. The Morgan fingerprint density at radius 3 is 2.62 bits per heavy atom. The smallest absolute Gasteiger partial charge is 0.317 e. The van der Waals surface area contributed by atoms with Crippen LogP contribution in [0.3, 0.4) is 0 Å². The van der Waals surface area contributed by atoms with Gasteiger partial charge in [-0.25, -0.2) is 4.79 Å². The average molecular weight is 288 g/mol. The van der Waals surface area contributed by atoms with E-state index in [2.05, 4.69) is 43.4 Å². The van der Waals surface area contributed by atoms with Crippen molar-refractivity contribution in [3.05, 3.63) is 46.5 Å². The number of carbonyl (C=O) groups excluding carboxylic acids is 1. The Bertz CT molecular complexity index is 517. The third kappa shape index (κ3) is 4.90. The predicted molar refractivity (Wildman–Crippen MR) is 84.3 cm³/mol. The SMILES string of the molecule is Cc1cc(C)cc(CNC(=O)N(C)CC2=CCCOC2)c1. The van der Waals surface area contributed by atoms with Gasteiger partial charge in [0.05, 0.1) is 13.2 Å². The molecule has 0 aliphatic carbocycles. The van der Waals surface area contributed by atoms with Crippen molar-refractivity contribution >= 4 is 6.03 Å². The minimum absolute atomic E-state index is 0.0550. The summed E-state index contributed by atoms with van der Waals surface area (Å²) in [5.74, 6) is 0. The molecule has 21 heavy (non-hydrogen) atoms. The lowest BCUT2D eigenvalue weighted by Crippen LogP contribution is -2.38. The van der Waals surface area contributed by atoms with E-state index in [1.807, 2.05) is 7.05 Å². The first kappa shape index (κ1) is 15.6. The van der Waals surface area contributed by atoms with Crippen molar-refractivity contribution in [2.24, 2.45) is 0 Å². The summed E-state index contributed by atoms with van der Waals surface area (Å²) in [5, 5.41) is 2.96. The molecule has 0 radical (unpaired) electrons. The summed E-state index contributed by atoms with van der Waals surface area (Å²) in [6.07, 6.45) is 3.10. The Labute approximate surface area is 126 Å². The standard InChI is InChI=1S/C17H24N2O2/c1-13-7-14(2)9-16(8-13)10-18-17(20)19(3)11-15-5-4-6-21-12-15/h5,7-9H,4,6,10-12H2,1-3H3,(H,18,20). The summed E-state index contributed by atoms with van der Waals surface area (Å²) in [5.41, 5.74) is 4.74. The number of urea groups is 1. The first-order valence-corrected chi connectivity index (χ1v) is 7.36. The fourth-order valence-electron chi connectivity index (χ4n) is 2.58. The normalized spacial score (nSPS) is 14.5. The molecule has 4 nitrogen and oxygen atoms in total. The number of hydrogen-bond donors (Lipinski definition) is 1. The van der Waals surface area contributed by atoms with Crippen molar-refractivity contribution in [3.8, 4) is 0 Å². The van der Waals surface area contributed by atoms with Gasteiger partial charge < -0.3 is 15.0 Å². The van der Waals surface area contributed by atoms with Gasteiger partial charge in [-0.3, -0.25) is 0 Å². The summed E-state index contributed by atoms with van der Waals surface area (Å²) in [4.78, 5) is 13.8. The van der Waals surface area contributed by atoms with Crippen molar-refractivity contribution in [1.29, 1.82) is 0 Å². The van der Waals surface area contributed by atoms with Crippen molar-refractivity contribution < 1.29 is 9.53 Å². The van der Waals surface area contributed by atoms with Crippen LogP contribution in [0.5, 0.6) is 0 Å². The summed E-state index contributed by atoms with van der Waals surface area (Å²) < 4.78 is 5.39. The molecule has 0 aromatic heterocycles. The molecule has 0 bridgehead atoms. The molecule has 1 aliphatic rings. The highest BCUT2D eigenvalue weighted by Crippen LogP contribution is 2.09. The van der Waals surface area contributed by atoms with Gasteiger partial charge in [0.2, 0.25) is 0 Å². The van der Waals surface area contributed by atoms with Gasteiger partial charge in [-0.15, -0.1) is 0 Å². The molecule has 1 heterocycles. The molecule has 2 rings (SSSR count). The van der Waals surface area contributed by atoms with Crippen molar-refractivity contribution in [2.45, 2.75) is 26.8 Å². The Morgan fingerprint density at radius 2 is 2.00 bits per heavy atom. The second-order valence-corrected chi connectivity index (χ2v) is 5.71. The zero-order chi connectivity index (χ0) is 15.2. The van der Waals surface area contributed by atoms with Crippen LogP contribution in [0.15, 0.2) is 29.8 Å². The number of nitrogens with one attached hydrogen (secondary N) is 1. The number of benzene rings is 1. The third-order valence-corrected chi connectivity index (χ3v) is 3.49. The van der Waals surface area contributed by atoms with Gasteiger partial charge in [-0.1, -0.05) is 35.4 Å². The first-order chi connectivity index (χ1) is 10.0. The fourth-order valence-corrected chi connectivity index (χ4v) is 2.58. The highest BCUT2D eigenvalue weighted by atomic mass is 16.5. The van der Waals surface area contributed by atoms with Crippen LogP contribution in [-0.2, 0) is 11.3 Å². The van der Waals surface area contributed by atoms with Crippen molar-refractivity contribution in [3.63, 3.8) is 0 Å². The van der Waals surface area contributed by atoms with Crippen molar-refractivity contribution in [2.75, 3.05) is 26.8 Å². The Morgan fingerprint density at radius 1 is 1.29 bits per heavy atom. The third-order valence-electron chi connectivity index (χ3n) is 3.49. The molecule has 1 aromatic rings. The van der Waals surface area contributed by atoms with Crippen LogP contribution in [0.25, 0.3) is 0 Å². The number of rotatable bonds is 4. The van der Waals surface area contributed by atoms with E-state index in [-0.39, 0.29) is 6.03 Å². The minimum Gasteiger partial charge on any atom is -0.377 e. The molecule has 1 N–H and O–H groups in total. The number of amides is 2. The van der Waals surface area contributed by atoms with Gasteiger partial charge in [0.25, 0.3) is 0 Å². The van der Waals surface area contributed by atoms with E-state index < -0.39 is 0 Å². The molecular weight excluding hydrogens is 264 g/mol. The van der Waals surface area contributed by atoms with Crippen LogP contribution in [0.4, 0.5) is 4.79 Å². The van der Waals surface area contributed by atoms with E-state index in [4.69, 9.17) is 4.74 Å². The Hall–Kier alpha value is -1.81. The van der Waals surface area contributed by atoms with Gasteiger partial charge in [0.15, 0.2) is 0 Å². The molecule has 0 saturated heterocycles. The molecule has 4 heteroatoms.